The maximum atomic E-state index is 14.7. The highest BCUT2D eigenvalue weighted by molar-refractivity contribution is 7.22. The van der Waals surface area contributed by atoms with Gasteiger partial charge in [0.15, 0.2) is 5.82 Å². The van der Waals surface area contributed by atoms with Crippen molar-refractivity contribution < 1.29 is 8.78 Å². The van der Waals surface area contributed by atoms with Crippen LogP contribution in [0.5, 0.6) is 0 Å². The second kappa shape index (κ2) is 9.88. The molecular formula is C23H23F2N7S. The summed E-state index contributed by atoms with van der Waals surface area (Å²) in [6, 6.07) is 8.94. The van der Waals surface area contributed by atoms with E-state index < -0.39 is 11.8 Å². The smallest absolute Gasteiger partial charge is 0.223 e. The van der Waals surface area contributed by atoms with E-state index in [9.17, 15) is 8.78 Å². The highest BCUT2D eigenvalue weighted by Crippen LogP contribution is 2.40. The lowest BCUT2D eigenvalue weighted by Gasteiger charge is -2.09. The van der Waals surface area contributed by atoms with Gasteiger partial charge in [-0.3, -0.25) is 0 Å². The van der Waals surface area contributed by atoms with Gasteiger partial charge >= 0.3 is 0 Å². The Labute approximate surface area is 193 Å². The van der Waals surface area contributed by atoms with Crippen molar-refractivity contribution in [1.29, 1.82) is 0 Å². The van der Waals surface area contributed by atoms with Crippen molar-refractivity contribution in [3.8, 4) is 21.7 Å². The lowest BCUT2D eigenvalue weighted by molar-refractivity contribution is 0.583. The Morgan fingerprint density at radius 3 is 2.76 bits per heavy atom. The number of nitrogens with zero attached hydrogens (tertiary/aromatic N) is 3. The fourth-order valence-corrected chi connectivity index (χ4v) is 4.55. The largest absolute Gasteiger partial charge is 0.401 e. The van der Waals surface area contributed by atoms with Gasteiger partial charge < -0.3 is 22.1 Å². The summed E-state index contributed by atoms with van der Waals surface area (Å²) in [4.78, 5) is 12.7. The predicted molar refractivity (Wildman–Crippen MR) is 128 cm³/mol. The summed E-state index contributed by atoms with van der Waals surface area (Å²) in [7, 11) is 0. The fraction of sp³-hybridized carbons (Fsp3) is 0.174. The van der Waals surface area contributed by atoms with Gasteiger partial charge in [0.05, 0.1) is 11.1 Å². The molecule has 0 radical (unpaired) electrons. The molecule has 3 heterocycles. The van der Waals surface area contributed by atoms with Crippen molar-refractivity contribution >= 4 is 27.4 Å². The molecule has 4 aromatic rings. The van der Waals surface area contributed by atoms with Crippen LogP contribution in [0.25, 0.3) is 31.8 Å². The normalized spacial score (nSPS) is 11.7. The Morgan fingerprint density at radius 2 is 1.97 bits per heavy atom. The van der Waals surface area contributed by atoms with Crippen molar-refractivity contribution in [3.63, 3.8) is 0 Å². The summed E-state index contributed by atoms with van der Waals surface area (Å²) < 4.78 is 29.4. The van der Waals surface area contributed by atoms with Gasteiger partial charge in [-0.25, -0.2) is 19.3 Å². The first-order chi connectivity index (χ1) is 16.0. The Balaban J connectivity index is 1.67. The van der Waals surface area contributed by atoms with E-state index in [2.05, 4.69) is 25.6 Å². The third-order valence-corrected chi connectivity index (χ3v) is 6.06. The lowest BCUT2D eigenvalue weighted by Crippen LogP contribution is -2.19. The van der Waals surface area contributed by atoms with Gasteiger partial charge in [0, 0.05) is 54.1 Å². The molecule has 0 atom stereocenters. The molecule has 170 valence electrons. The van der Waals surface area contributed by atoms with Crippen LogP contribution in [0, 0.1) is 11.8 Å². The topological polar surface area (TPSA) is 115 Å². The fourth-order valence-electron chi connectivity index (χ4n) is 3.37. The molecular weight excluding hydrogens is 444 g/mol. The molecule has 3 aromatic heterocycles. The van der Waals surface area contributed by atoms with E-state index >= 15 is 0 Å². The van der Waals surface area contributed by atoms with Crippen LogP contribution in [0.1, 0.15) is 12.5 Å². The quantitative estimate of drug-likeness (QED) is 0.229. The van der Waals surface area contributed by atoms with Crippen molar-refractivity contribution in [3.05, 3.63) is 72.0 Å². The van der Waals surface area contributed by atoms with E-state index in [1.165, 1.54) is 23.6 Å². The number of anilines is 1. The number of nitrogens with two attached hydrogens (primary N) is 2. The molecule has 7 nitrogen and oxygen atoms in total. The number of thiophene rings is 1. The first kappa shape index (κ1) is 22.6. The van der Waals surface area contributed by atoms with E-state index in [-0.39, 0.29) is 12.2 Å². The SMILES string of the molecule is C/C(N)=C/NCCNc1ncc(F)c(-c2cc3cccc(-c4cc(F)ncc4CN)c3s2)n1. The number of nitrogens with one attached hydrogen (secondary N) is 2. The Kier molecular flexibility index (Phi) is 6.76. The Morgan fingerprint density at radius 1 is 1.12 bits per heavy atom. The number of rotatable bonds is 8. The second-order valence-electron chi connectivity index (χ2n) is 7.36. The lowest BCUT2D eigenvalue weighted by atomic mass is 10.0. The second-order valence-corrected chi connectivity index (χ2v) is 8.41. The van der Waals surface area contributed by atoms with Crippen LogP contribution in [0.15, 0.2) is 54.6 Å². The van der Waals surface area contributed by atoms with Crippen molar-refractivity contribution in [2.75, 3.05) is 18.4 Å². The van der Waals surface area contributed by atoms with Crippen LogP contribution in [0.4, 0.5) is 14.7 Å². The van der Waals surface area contributed by atoms with E-state index in [0.717, 1.165) is 27.4 Å². The van der Waals surface area contributed by atoms with Crippen LogP contribution in [-0.2, 0) is 6.54 Å². The number of hydrogen-bond donors (Lipinski definition) is 4. The zero-order valence-electron chi connectivity index (χ0n) is 17.9. The summed E-state index contributed by atoms with van der Waals surface area (Å²) in [6.45, 7) is 3.14. The van der Waals surface area contributed by atoms with Gasteiger partial charge in [-0.15, -0.1) is 11.3 Å². The highest BCUT2D eigenvalue weighted by atomic mass is 32.1. The van der Waals surface area contributed by atoms with Gasteiger partial charge in [0.1, 0.15) is 5.69 Å². The molecule has 0 saturated carbocycles. The van der Waals surface area contributed by atoms with Gasteiger partial charge in [-0.2, -0.15) is 4.39 Å². The van der Waals surface area contributed by atoms with Crippen molar-refractivity contribution in [2.45, 2.75) is 13.5 Å². The molecule has 0 saturated heterocycles. The summed E-state index contributed by atoms with van der Waals surface area (Å²) >= 11 is 1.38. The zero-order valence-corrected chi connectivity index (χ0v) is 18.7. The maximum absolute atomic E-state index is 14.7. The van der Waals surface area contributed by atoms with Crippen LogP contribution < -0.4 is 22.1 Å². The molecule has 0 spiro atoms. The molecule has 0 aliphatic heterocycles. The minimum Gasteiger partial charge on any atom is -0.401 e. The third-order valence-electron chi connectivity index (χ3n) is 4.87. The molecule has 0 unspecified atom stereocenters. The highest BCUT2D eigenvalue weighted by Gasteiger charge is 2.16. The van der Waals surface area contributed by atoms with E-state index in [0.29, 0.717) is 35.2 Å². The summed E-state index contributed by atoms with van der Waals surface area (Å²) in [5.41, 5.74) is 14.5. The molecule has 10 heteroatoms. The number of aromatic nitrogens is 3. The Bertz CT molecular complexity index is 1320. The van der Waals surface area contributed by atoms with Gasteiger partial charge in [0.2, 0.25) is 11.9 Å². The standard InChI is InChI=1S/C23H23F2N7S/c1-13(27)10-28-5-6-29-23-31-12-18(24)21(32-23)19-7-14-3-2-4-16(22(14)33-19)17-8-20(25)30-11-15(17)9-26/h2-4,7-8,10-12,28H,5-6,9,26-27H2,1H3,(H,29,31,32)/b13-10-. The van der Waals surface area contributed by atoms with Crippen molar-refractivity contribution in [1.82, 2.24) is 20.3 Å². The molecule has 4 rings (SSSR count). The monoisotopic (exact) mass is 467 g/mol. The molecule has 0 amide bonds. The van der Waals surface area contributed by atoms with Crippen LogP contribution in [0.3, 0.4) is 0 Å². The number of benzene rings is 1. The summed E-state index contributed by atoms with van der Waals surface area (Å²) in [6.07, 6.45) is 4.30. The molecule has 6 N–H and O–H groups in total. The summed E-state index contributed by atoms with van der Waals surface area (Å²) in [5, 5.41) is 7.01. The maximum Gasteiger partial charge on any atom is 0.223 e. The number of halogens is 2. The van der Waals surface area contributed by atoms with Gasteiger partial charge in [-0.1, -0.05) is 18.2 Å². The molecule has 1 aromatic carbocycles. The van der Waals surface area contributed by atoms with Crippen molar-refractivity contribution in [2.24, 2.45) is 11.5 Å². The zero-order chi connectivity index (χ0) is 23.4. The van der Waals surface area contributed by atoms with E-state index in [1.54, 1.807) is 13.1 Å². The van der Waals surface area contributed by atoms with Crippen LogP contribution in [0.2, 0.25) is 0 Å². The molecule has 0 aliphatic rings. The molecule has 0 bridgehead atoms. The molecule has 0 aliphatic carbocycles. The number of hydrogen-bond acceptors (Lipinski definition) is 8. The first-order valence-electron chi connectivity index (χ1n) is 10.3. The molecule has 0 fully saturated rings. The predicted octanol–water partition coefficient (Wildman–Crippen LogP) is 3.98. The van der Waals surface area contributed by atoms with E-state index in [1.807, 2.05) is 24.3 Å². The van der Waals surface area contributed by atoms with E-state index in [4.69, 9.17) is 11.5 Å². The number of fused-ring (bicyclic) bond motifs is 1. The third kappa shape index (κ3) is 5.07. The number of pyridine rings is 1. The van der Waals surface area contributed by atoms with Gasteiger partial charge in [0.25, 0.3) is 0 Å². The van der Waals surface area contributed by atoms with Crippen LogP contribution >= 0.6 is 11.3 Å². The summed E-state index contributed by atoms with van der Waals surface area (Å²) in [5.74, 6) is -0.785. The average molecular weight is 468 g/mol. The first-order valence-corrected chi connectivity index (χ1v) is 11.1. The molecule has 33 heavy (non-hydrogen) atoms. The van der Waals surface area contributed by atoms with Crippen LogP contribution in [-0.4, -0.2) is 28.0 Å². The minimum atomic E-state index is -0.583. The van der Waals surface area contributed by atoms with Gasteiger partial charge in [-0.05, 0) is 29.5 Å². The number of allylic oxidation sites excluding steroid dienone is 1. The minimum absolute atomic E-state index is 0.199. The Hall–Kier alpha value is -3.63. The average Bonchev–Trinajstić information content (AvgIpc) is 3.24.